The number of aromatic nitrogens is 2. The first-order valence-corrected chi connectivity index (χ1v) is 5.34. The van der Waals surface area contributed by atoms with Gasteiger partial charge < -0.3 is 15.2 Å². The van der Waals surface area contributed by atoms with Crippen molar-refractivity contribution >= 4 is 11.8 Å². The molecule has 0 bridgehead atoms. The van der Waals surface area contributed by atoms with Crippen LogP contribution in [0, 0.1) is 5.82 Å². The molecule has 19 heavy (non-hydrogen) atoms. The van der Waals surface area contributed by atoms with Crippen LogP contribution in [0.15, 0.2) is 18.2 Å². The number of H-pyrrole nitrogens is 1. The van der Waals surface area contributed by atoms with E-state index >= 15 is 0 Å². The van der Waals surface area contributed by atoms with E-state index in [1.807, 2.05) is 0 Å². The standard InChI is InChI=1S/C12H12FN3O3/c1-18-8-4-3-6(5-7(8)13)9-10(12(17)19-2)15-16-11(9)14/h3-5H,1-2H3,(H3,14,15,16). The molecule has 0 aliphatic carbocycles. The third-order valence-corrected chi connectivity index (χ3v) is 2.62. The maximum atomic E-state index is 13.7. The first kappa shape index (κ1) is 12.9. The van der Waals surface area contributed by atoms with E-state index < -0.39 is 11.8 Å². The van der Waals surface area contributed by atoms with Gasteiger partial charge in [0.05, 0.1) is 19.8 Å². The molecule has 0 aliphatic heterocycles. The van der Waals surface area contributed by atoms with Crippen molar-refractivity contribution in [2.45, 2.75) is 0 Å². The summed E-state index contributed by atoms with van der Waals surface area (Å²) in [5.41, 5.74) is 6.46. The van der Waals surface area contributed by atoms with Gasteiger partial charge in [0.2, 0.25) is 0 Å². The highest BCUT2D eigenvalue weighted by Gasteiger charge is 2.20. The molecular weight excluding hydrogens is 253 g/mol. The third-order valence-electron chi connectivity index (χ3n) is 2.62. The highest BCUT2D eigenvalue weighted by molar-refractivity contribution is 5.98. The average Bonchev–Trinajstić information content (AvgIpc) is 2.79. The van der Waals surface area contributed by atoms with Crippen molar-refractivity contribution in [3.05, 3.63) is 29.7 Å². The lowest BCUT2D eigenvalue weighted by Gasteiger charge is -2.06. The second kappa shape index (κ2) is 4.97. The first-order valence-electron chi connectivity index (χ1n) is 5.34. The van der Waals surface area contributed by atoms with Gasteiger partial charge in [-0.3, -0.25) is 5.10 Å². The fourth-order valence-corrected chi connectivity index (χ4v) is 1.72. The van der Waals surface area contributed by atoms with Gasteiger partial charge in [0, 0.05) is 0 Å². The largest absolute Gasteiger partial charge is 0.494 e. The Kier molecular flexibility index (Phi) is 3.37. The molecule has 1 aromatic heterocycles. The fraction of sp³-hybridized carbons (Fsp3) is 0.167. The molecule has 0 saturated heterocycles. The molecule has 6 nitrogen and oxygen atoms in total. The number of carbonyl (C=O) groups excluding carboxylic acids is 1. The molecule has 1 heterocycles. The topological polar surface area (TPSA) is 90.2 Å². The fourth-order valence-electron chi connectivity index (χ4n) is 1.72. The smallest absolute Gasteiger partial charge is 0.356 e. The maximum absolute atomic E-state index is 13.7. The zero-order valence-corrected chi connectivity index (χ0v) is 10.4. The van der Waals surface area contributed by atoms with E-state index in [0.717, 1.165) is 0 Å². The van der Waals surface area contributed by atoms with Crippen LogP contribution < -0.4 is 10.5 Å². The zero-order chi connectivity index (χ0) is 14.0. The number of hydrogen-bond acceptors (Lipinski definition) is 5. The number of methoxy groups -OCH3 is 2. The SMILES string of the molecule is COC(=O)c1[nH]nc(N)c1-c1ccc(OC)c(F)c1. The Hall–Kier alpha value is -2.57. The van der Waals surface area contributed by atoms with Gasteiger partial charge in [-0.05, 0) is 17.7 Å². The van der Waals surface area contributed by atoms with Crippen LogP contribution in [-0.2, 0) is 4.74 Å². The molecule has 2 aromatic rings. The Morgan fingerprint density at radius 2 is 2.16 bits per heavy atom. The number of hydrogen-bond donors (Lipinski definition) is 2. The predicted octanol–water partition coefficient (Wildman–Crippen LogP) is 1.59. The number of ether oxygens (including phenoxy) is 2. The molecule has 0 saturated carbocycles. The van der Waals surface area contributed by atoms with Gasteiger partial charge >= 0.3 is 5.97 Å². The molecule has 0 radical (unpaired) electrons. The number of aromatic amines is 1. The van der Waals surface area contributed by atoms with Gasteiger partial charge in [-0.25, -0.2) is 9.18 Å². The van der Waals surface area contributed by atoms with Crippen molar-refractivity contribution in [3.8, 4) is 16.9 Å². The van der Waals surface area contributed by atoms with E-state index in [2.05, 4.69) is 14.9 Å². The summed E-state index contributed by atoms with van der Waals surface area (Å²) in [6, 6.07) is 4.24. The zero-order valence-electron chi connectivity index (χ0n) is 10.4. The molecule has 7 heteroatoms. The van der Waals surface area contributed by atoms with Crippen LogP contribution >= 0.6 is 0 Å². The summed E-state index contributed by atoms with van der Waals surface area (Å²) >= 11 is 0. The van der Waals surface area contributed by atoms with Gasteiger partial charge in [-0.1, -0.05) is 6.07 Å². The Bertz CT molecular complexity index is 625. The average molecular weight is 265 g/mol. The van der Waals surface area contributed by atoms with Crippen molar-refractivity contribution < 1.29 is 18.7 Å². The second-order valence-corrected chi connectivity index (χ2v) is 3.70. The van der Waals surface area contributed by atoms with Crippen molar-refractivity contribution in [2.75, 3.05) is 20.0 Å². The van der Waals surface area contributed by atoms with Crippen LogP contribution in [0.1, 0.15) is 10.5 Å². The monoisotopic (exact) mass is 265 g/mol. The van der Waals surface area contributed by atoms with Crippen LogP contribution in [-0.4, -0.2) is 30.4 Å². The Labute approximate surface area is 108 Å². The number of anilines is 1. The molecule has 1 aromatic carbocycles. The molecule has 100 valence electrons. The molecule has 3 N–H and O–H groups in total. The quantitative estimate of drug-likeness (QED) is 0.822. The summed E-state index contributed by atoms with van der Waals surface area (Å²) in [4.78, 5) is 11.6. The van der Waals surface area contributed by atoms with Crippen molar-refractivity contribution in [2.24, 2.45) is 0 Å². The van der Waals surface area contributed by atoms with E-state index in [9.17, 15) is 9.18 Å². The first-order chi connectivity index (χ1) is 9.08. The molecule has 0 spiro atoms. The molecule has 0 atom stereocenters. The number of benzene rings is 1. The Morgan fingerprint density at radius 1 is 1.42 bits per heavy atom. The van der Waals surface area contributed by atoms with E-state index in [4.69, 9.17) is 10.5 Å². The minimum Gasteiger partial charge on any atom is -0.494 e. The van der Waals surface area contributed by atoms with E-state index in [-0.39, 0.29) is 17.3 Å². The molecule has 0 aliphatic rings. The highest BCUT2D eigenvalue weighted by atomic mass is 19.1. The number of rotatable bonds is 3. The Balaban J connectivity index is 2.55. The van der Waals surface area contributed by atoms with Gasteiger partial charge in [-0.15, -0.1) is 0 Å². The number of nitrogens with zero attached hydrogens (tertiary/aromatic N) is 1. The van der Waals surface area contributed by atoms with Gasteiger partial charge in [-0.2, -0.15) is 5.10 Å². The molecule has 2 rings (SSSR count). The molecule has 0 unspecified atom stereocenters. The maximum Gasteiger partial charge on any atom is 0.356 e. The number of nitrogen functional groups attached to an aromatic ring is 1. The van der Waals surface area contributed by atoms with Crippen LogP contribution in [0.4, 0.5) is 10.2 Å². The summed E-state index contributed by atoms with van der Waals surface area (Å²) in [6.45, 7) is 0. The lowest BCUT2D eigenvalue weighted by molar-refractivity contribution is 0.0595. The number of nitrogens with one attached hydrogen (secondary N) is 1. The van der Waals surface area contributed by atoms with Crippen molar-refractivity contribution in [3.63, 3.8) is 0 Å². The highest BCUT2D eigenvalue weighted by Crippen LogP contribution is 2.31. The molecular formula is C12H12FN3O3. The van der Waals surface area contributed by atoms with Crippen LogP contribution in [0.25, 0.3) is 11.1 Å². The van der Waals surface area contributed by atoms with Crippen molar-refractivity contribution in [1.29, 1.82) is 0 Å². The predicted molar refractivity (Wildman–Crippen MR) is 66.3 cm³/mol. The van der Waals surface area contributed by atoms with Gasteiger partial charge in [0.1, 0.15) is 0 Å². The minimum absolute atomic E-state index is 0.0737. The van der Waals surface area contributed by atoms with E-state index in [1.54, 1.807) is 6.07 Å². The number of halogens is 1. The lowest BCUT2D eigenvalue weighted by atomic mass is 10.0. The van der Waals surface area contributed by atoms with Gasteiger partial charge in [0.25, 0.3) is 0 Å². The van der Waals surface area contributed by atoms with Crippen molar-refractivity contribution in [1.82, 2.24) is 10.2 Å². The van der Waals surface area contributed by atoms with E-state index in [1.165, 1.54) is 26.4 Å². The second-order valence-electron chi connectivity index (χ2n) is 3.70. The normalized spacial score (nSPS) is 10.3. The summed E-state index contributed by atoms with van der Waals surface area (Å²) in [6.07, 6.45) is 0. The number of esters is 1. The van der Waals surface area contributed by atoms with Crippen LogP contribution in [0.5, 0.6) is 5.75 Å². The third kappa shape index (κ3) is 2.22. The molecule has 0 fully saturated rings. The van der Waals surface area contributed by atoms with E-state index in [0.29, 0.717) is 11.1 Å². The van der Waals surface area contributed by atoms with Gasteiger partial charge in [0.15, 0.2) is 23.1 Å². The summed E-state index contributed by atoms with van der Waals surface area (Å²) < 4.78 is 23.1. The number of carbonyl (C=O) groups is 1. The van der Waals surface area contributed by atoms with Crippen LogP contribution in [0.2, 0.25) is 0 Å². The summed E-state index contributed by atoms with van der Waals surface area (Å²) in [5.74, 6) is -0.998. The lowest BCUT2D eigenvalue weighted by Crippen LogP contribution is -2.04. The Morgan fingerprint density at radius 3 is 2.74 bits per heavy atom. The minimum atomic E-state index is -0.629. The molecule has 0 amide bonds. The number of nitrogens with two attached hydrogens (primary N) is 1. The van der Waals surface area contributed by atoms with Crippen LogP contribution in [0.3, 0.4) is 0 Å². The summed E-state index contributed by atoms with van der Waals surface area (Å²) in [5, 5.41) is 6.20. The summed E-state index contributed by atoms with van der Waals surface area (Å²) in [7, 11) is 2.60.